The molecular weight excluding hydrogens is 178 g/mol. The van der Waals surface area contributed by atoms with Gasteiger partial charge in [-0.1, -0.05) is 6.07 Å². The molecule has 76 valence electrons. The standard InChI is InChI=1S/C11H15NO2/c1-14-7-3-5-11(13)8-10-4-2-6-12-9-10/h2,4,6,9H,3,5,7-8H2,1H3. The maximum atomic E-state index is 11.4. The number of carbonyl (C=O) groups is 1. The van der Waals surface area contributed by atoms with E-state index >= 15 is 0 Å². The molecule has 0 aromatic carbocycles. The van der Waals surface area contributed by atoms with Gasteiger partial charge >= 0.3 is 0 Å². The molecular formula is C11H15NO2. The summed E-state index contributed by atoms with van der Waals surface area (Å²) in [5.74, 6) is 0.245. The highest BCUT2D eigenvalue weighted by atomic mass is 16.5. The molecule has 3 heteroatoms. The number of pyridine rings is 1. The molecule has 0 amide bonds. The van der Waals surface area contributed by atoms with Crippen molar-refractivity contribution in [3.8, 4) is 0 Å². The number of hydrogen-bond acceptors (Lipinski definition) is 3. The summed E-state index contributed by atoms with van der Waals surface area (Å²) in [6.07, 6.45) is 5.31. The van der Waals surface area contributed by atoms with Crippen LogP contribution in [0, 0.1) is 0 Å². The van der Waals surface area contributed by atoms with Crippen molar-refractivity contribution in [2.24, 2.45) is 0 Å². The summed E-state index contributed by atoms with van der Waals surface area (Å²) in [5.41, 5.74) is 0.981. The van der Waals surface area contributed by atoms with Gasteiger partial charge < -0.3 is 4.74 Å². The molecule has 0 saturated heterocycles. The Morgan fingerprint density at radius 3 is 3.07 bits per heavy atom. The molecule has 1 heterocycles. The lowest BCUT2D eigenvalue weighted by Crippen LogP contribution is -2.04. The van der Waals surface area contributed by atoms with E-state index in [-0.39, 0.29) is 5.78 Å². The summed E-state index contributed by atoms with van der Waals surface area (Å²) in [7, 11) is 1.64. The van der Waals surface area contributed by atoms with Crippen LogP contribution in [0.3, 0.4) is 0 Å². The van der Waals surface area contributed by atoms with Gasteiger partial charge in [-0.15, -0.1) is 0 Å². The molecule has 1 aromatic rings. The van der Waals surface area contributed by atoms with Crippen molar-refractivity contribution in [2.75, 3.05) is 13.7 Å². The Balaban J connectivity index is 2.27. The Morgan fingerprint density at radius 2 is 2.43 bits per heavy atom. The van der Waals surface area contributed by atoms with E-state index in [1.807, 2.05) is 12.1 Å². The summed E-state index contributed by atoms with van der Waals surface area (Å²) in [6.45, 7) is 0.652. The Hall–Kier alpha value is -1.22. The van der Waals surface area contributed by atoms with E-state index in [1.165, 1.54) is 0 Å². The lowest BCUT2D eigenvalue weighted by Gasteiger charge is -2.00. The van der Waals surface area contributed by atoms with Gasteiger partial charge in [-0.3, -0.25) is 9.78 Å². The Morgan fingerprint density at radius 1 is 1.57 bits per heavy atom. The van der Waals surface area contributed by atoms with Gasteiger partial charge in [0.1, 0.15) is 5.78 Å². The van der Waals surface area contributed by atoms with Gasteiger partial charge in [-0.25, -0.2) is 0 Å². The number of carbonyl (C=O) groups excluding carboxylic acids is 1. The minimum absolute atomic E-state index is 0.245. The van der Waals surface area contributed by atoms with Crippen molar-refractivity contribution in [3.05, 3.63) is 30.1 Å². The molecule has 0 aliphatic heterocycles. The first-order valence-corrected chi connectivity index (χ1v) is 4.72. The van der Waals surface area contributed by atoms with Gasteiger partial charge in [0.05, 0.1) is 0 Å². The van der Waals surface area contributed by atoms with Crippen LogP contribution < -0.4 is 0 Å². The van der Waals surface area contributed by atoms with Crippen LogP contribution in [0.15, 0.2) is 24.5 Å². The zero-order valence-corrected chi connectivity index (χ0v) is 8.40. The molecule has 0 bridgehead atoms. The first-order chi connectivity index (χ1) is 6.83. The third-order valence-corrected chi connectivity index (χ3v) is 1.93. The molecule has 1 aromatic heterocycles. The van der Waals surface area contributed by atoms with Crippen LogP contribution in [0.1, 0.15) is 18.4 Å². The van der Waals surface area contributed by atoms with Gasteiger partial charge in [-0.2, -0.15) is 0 Å². The third kappa shape index (κ3) is 4.14. The number of rotatable bonds is 6. The van der Waals surface area contributed by atoms with Crippen LogP contribution in [-0.4, -0.2) is 24.5 Å². The molecule has 0 unspecified atom stereocenters. The van der Waals surface area contributed by atoms with E-state index in [2.05, 4.69) is 4.98 Å². The van der Waals surface area contributed by atoms with Crippen LogP contribution >= 0.6 is 0 Å². The van der Waals surface area contributed by atoms with E-state index in [9.17, 15) is 4.79 Å². The highest BCUT2D eigenvalue weighted by Crippen LogP contribution is 2.01. The van der Waals surface area contributed by atoms with Crippen molar-refractivity contribution >= 4 is 5.78 Å². The minimum Gasteiger partial charge on any atom is -0.385 e. The summed E-state index contributed by atoms with van der Waals surface area (Å²) in [4.78, 5) is 15.4. The highest BCUT2D eigenvalue weighted by Gasteiger charge is 2.02. The minimum atomic E-state index is 0.245. The number of Topliss-reactive ketones (excluding diaryl/α,β-unsaturated/α-hetero) is 1. The molecule has 0 aliphatic carbocycles. The Bertz CT molecular complexity index is 272. The van der Waals surface area contributed by atoms with Gasteiger partial charge in [-0.05, 0) is 18.1 Å². The molecule has 3 nitrogen and oxygen atoms in total. The van der Waals surface area contributed by atoms with E-state index in [0.29, 0.717) is 19.4 Å². The monoisotopic (exact) mass is 193 g/mol. The van der Waals surface area contributed by atoms with Gasteiger partial charge in [0.15, 0.2) is 0 Å². The zero-order chi connectivity index (χ0) is 10.2. The number of nitrogens with zero attached hydrogens (tertiary/aromatic N) is 1. The summed E-state index contributed by atoms with van der Waals surface area (Å²) < 4.78 is 4.88. The molecule has 0 atom stereocenters. The number of hydrogen-bond donors (Lipinski definition) is 0. The molecule has 0 aliphatic rings. The predicted molar refractivity (Wildman–Crippen MR) is 54.1 cm³/mol. The smallest absolute Gasteiger partial charge is 0.137 e. The third-order valence-electron chi connectivity index (χ3n) is 1.93. The molecule has 0 saturated carbocycles. The average Bonchev–Trinajstić information content (AvgIpc) is 2.20. The lowest BCUT2D eigenvalue weighted by molar-refractivity contribution is -0.118. The number of ether oxygens (including phenoxy) is 1. The fourth-order valence-corrected chi connectivity index (χ4v) is 1.23. The molecule has 0 fully saturated rings. The summed E-state index contributed by atoms with van der Waals surface area (Å²) in [5, 5.41) is 0. The second kappa shape index (κ2) is 6.27. The van der Waals surface area contributed by atoms with E-state index in [4.69, 9.17) is 4.74 Å². The Kier molecular flexibility index (Phi) is 4.86. The van der Waals surface area contributed by atoms with Crippen LogP contribution in [-0.2, 0) is 16.0 Å². The van der Waals surface area contributed by atoms with Crippen LogP contribution in [0.5, 0.6) is 0 Å². The van der Waals surface area contributed by atoms with Crippen molar-refractivity contribution in [3.63, 3.8) is 0 Å². The first-order valence-electron chi connectivity index (χ1n) is 4.72. The molecule has 14 heavy (non-hydrogen) atoms. The van der Waals surface area contributed by atoms with Crippen molar-refractivity contribution < 1.29 is 9.53 Å². The second-order valence-electron chi connectivity index (χ2n) is 3.17. The molecule has 0 N–H and O–H groups in total. The zero-order valence-electron chi connectivity index (χ0n) is 8.40. The highest BCUT2D eigenvalue weighted by molar-refractivity contribution is 5.80. The first kappa shape index (κ1) is 10.9. The average molecular weight is 193 g/mol. The fraction of sp³-hybridized carbons (Fsp3) is 0.455. The number of aromatic nitrogens is 1. The van der Waals surface area contributed by atoms with Gasteiger partial charge in [0.2, 0.25) is 0 Å². The summed E-state index contributed by atoms with van der Waals surface area (Å²) in [6, 6.07) is 3.76. The summed E-state index contributed by atoms with van der Waals surface area (Å²) >= 11 is 0. The topological polar surface area (TPSA) is 39.2 Å². The lowest BCUT2D eigenvalue weighted by atomic mass is 10.1. The van der Waals surface area contributed by atoms with E-state index in [1.54, 1.807) is 19.5 Å². The van der Waals surface area contributed by atoms with Crippen LogP contribution in [0.4, 0.5) is 0 Å². The number of ketones is 1. The van der Waals surface area contributed by atoms with Crippen LogP contribution in [0.2, 0.25) is 0 Å². The van der Waals surface area contributed by atoms with Crippen molar-refractivity contribution in [1.82, 2.24) is 4.98 Å². The van der Waals surface area contributed by atoms with E-state index in [0.717, 1.165) is 12.0 Å². The van der Waals surface area contributed by atoms with E-state index < -0.39 is 0 Å². The Labute approximate surface area is 84.1 Å². The van der Waals surface area contributed by atoms with Gasteiger partial charge in [0.25, 0.3) is 0 Å². The van der Waals surface area contributed by atoms with Crippen LogP contribution in [0.25, 0.3) is 0 Å². The molecule has 0 radical (unpaired) electrons. The second-order valence-corrected chi connectivity index (χ2v) is 3.17. The molecule has 1 rings (SSSR count). The largest absolute Gasteiger partial charge is 0.385 e. The normalized spacial score (nSPS) is 10.1. The molecule has 0 spiro atoms. The maximum Gasteiger partial charge on any atom is 0.137 e. The number of methoxy groups -OCH3 is 1. The van der Waals surface area contributed by atoms with Gasteiger partial charge in [0, 0.05) is 39.0 Å². The SMILES string of the molecule is COCCCC(=O)Cc1cccnc1. The quantitative estimate of drug-likeness (QED) is 0.644. The fourth-order valence-electron chi connectivity index (χ4n) is 1.23. The predicted octanol–water partition coefficient (Wildman–Crippen LogP) is 1.62. The maximum absolute atomic E-state index is 11.4. The van der Waals surface area contributed by atoms with Crippen molar-refractivity contribution in [2.45, 2.75) is 19.3 Å². The van der Waals surface area contributed by atoms with Crippen molar-refractivity contribution in [1.29, 1.82) is 0 Å².